The van der Waals surface area contributed by atoms with Crippen molar-refractivity contribution >= 4 is 35.0 Å². The first-order chi connectivity index (χ1) is 19.1. The molecule has 0 fully saturated rings. The topological polar surface area (TPSA) is 151 Å². The molecule has 0 atom stereocenters. The number of nitrogens with one attached hydrogen (secondary N) is 2. The summed E-state index contributed by atoms with van der Waals surface area (Å²) < 4.78 is 11.4. The number of aromatic carboxylic acids is 2. The molecule has 4 rings (SSSR count). The van der Waals surface area contributed by atoms with E-state index >= 15 is 0 Å². The fraction of sp³-hybridized carbons (Fsp3) is 0.0667. The van der Waals surface area contributed by atoms with Crippen LogP contribution in [0, 0.1) is 0 Å². The molecule has 40 heavy (non-hydrogen) atoms. The second-order valence-corrected chi connectivity index (χ2v) is 8.54. The number of hydrogen-bond acceptors (Lipinski definition) is 7. The highest BCUT2D eigenvalue weighted by atomic mass is 16.5. The summed E-state index contributed by atoms with van der Waals surface area (Å²) in [6, 6.07) is 21.7. The lowest BCUT2D eigenvalue weighted by molar-refractivity contribution is 0.0683. The number of ether oxygens (including phenoxy) is 2. The second kappa shape index (κ2) is 11.8. The third-order valence-corrected chi connectivity index (χ3v) is 5.79. The van der Waals surface area contributed by atoms with Gasteiger partial charge in [-0.05, 0) is 91.9 Å². The minimum atomic E-state index is -1.36. The Kier molecular flexibility index (Phi) is 8.10. The van der Waals surface area contributed by atoms with Crippen molar-refractivity contribution in [1.29, 1.82) is 0 Å². The van der Waals surface area contributed by atoms with Crippen LogP contribution in [-0.4, -0.2) is 40.9 Å². The molecule has 0 bridgehead atoms. The zero-order chi connectivity index (χ0) is 28.8. The number of amides is 1. The van der Waals surface area contributed by atoms with E-state index in [1.54, 1.807) is 24.3 Å². The smallest absolute Gasteiger partial charge is 0.336 e. The summed E-state index contributed by atoms with van der Waals surface area (Å²) in [4.78, 5) is 48.1. The van der Waals surface area contributed by atoms with Gasteiger partial charge in [-0.1, -0.05) is 0 Å². The molecule has 4 aromatic carbocycles. The van der Waals surface area contributed by atoms with Gasteiger partial charge in [-0.25, -0.2) is 9.59 Å². The number of rotatable bonds is 10. The van der Waals surface area contributed by atoms with Crippen LogP contribution < -0.4 is 20.1 Å². The molecule has 0 saturated heterocycles. The first kappa shape index (κ1) is 27.4. The van der Waals surface area contributed by atoms with Gasteiger partial charge in [-0.2, -0.15) is 0 Å². The fourth-order valence-electron chi connectivity index (χ4n) is 3.80. The number of benzene rings is 4. The molecule has 0 aliphatic carbocycles. The van der Waals surface area contributed by atoms with Crippen LogP contribution in [0.4, 0.5) is 11.4 Å². The molecule has 202 valence electrons. The van der Waals surface area contributed by atoms with Crippen molar-refractivity contribution in [3.63, 3.8) is 0 Å². The maximum absolute atomic E-state index is 12.9. The predicted molar refractivity (Wildman–Crippen MR) is 147 cm³/mol. The lowest BCUT2D eigenvalue weighted by atomic mass is 10.0. The summed E-state index contributed by atoms with van der Waals surface area (Å²) in [7, 11) is 1.82. The minimum absolute atomic E-state index is 0.0147. The predicted octanol–water partition coefficient (Wildman–Crippen LogP) is 6.16. The molecule has 0 saturated carbocycles. The number of carboxylic acid groups (broad SMARTS) is 2. The lowest BCUT2D eigenvalue weighted by Gasteiger charge is -2.12. The van der Waals surface area contributed by atoms with E-state index in [4.69, 9.17) is 9.47 Å². The van der Waals surface area contributed by atoms with Crippen molar-refractivity contribution in [1.82, 2.24) is 0 Å². The van der Waals surface area contributed by atoms with Crippen LogP contribution in [0.2, 0.25) is 0 Å². The maximum atomic E-state index is 12.9. The highest BCUT2D eigenvalue weighted by Crippen LogP contribution is 2.28. The Labute approximate surface area is 228 Å². The van der Waals surface area contributed by atoms with Crippen LogP contribution in [0.1, 0.15) is 48.4 Å². The van der Waals surface area contributed by atoms with Gasteiger partial charge in [0.1, 0.15) is 23.0 Å². The number of anilines is 2. The summed E-state index contributed by atoms with van der Waals surface area (Å²) in [6.07, 6.45) is 0. The Morgan fingerprint density at radius 3 is 1.48 bits per heavy atom. The van der Waals surface area contributed by atoms with Crippen LogP contribution in [0.25, 0.3) is 0 Å². The van der Waals surface area contributed by atoms with E-state index in [1.807, 2.05) is 31.3 Å². The van der Waals surface area contributed by atoms with Gasteiger partial charge in [0.05, 0.1) is 16.7 Å². The Bertz CT molecular complexity index is 1600. The number of carboxylic acids is 2. The van der Waals surface area contributed by atoms with Crippen LogP contribution >= 0.6 is 0 Å². The highest BCUT2D eigenvalue weighted by molar-refractivity contribution is 6.11. The van der Waals surface area contributed by atoms with E-state index in [0.717, 1.165) is 11.8 Å². The normalized spacial score (nSPS) is 10.3. The van der Waals surface area contributed by atoms with Crippen LogP contribution in [0.15, 0.2) is 84.9 Å². The standard InChI is InChI=1S/C30H24N2O8/c1-17(33)24-13-11-22(15-26(24)29(35)36)40-23-12-14-25(27(16-23)30(37)38)28(34)32-19-5-9-21(10-6-19)39-20-7-3-18(31-2)4-8-20/h3-16,31H,1-2H3,(H,32,34)(H,35,36)(H,37,38). The molecule has 0 aromatic heterocycles. The molecular formula is C30H24N2O8. The van der Waals surface area contributed by atoms with E-state index in [9.17, 15) is 29.4 Å². The summed E-state index contributed by atoms with van der Waals surface area (Å²) in [5.74, 6) is -2.42. The number of Topliss-reactive ketones (excluding diaryl/α,β-unsaturated/α-hetero) is 1. The first-order valence-corrected chi connectivity index (χ1v) is 11.9. The van der Waals surface area contributed by atoms with Gasteiger partial charge < -0.3 is 30.3 Å². The molecule has 10 heteroatoms. The SMILES string of the molecule is CNc1ccc(Oc2ccc(NC(=O)c3ccc(Oc4ccc(C(C)=O)c(C(=O)O)c4)cc3C(=O)O)cc2)cc1. The van der Waals surface area contributed by atoms with Crippen LogP contribution in [0.3, 0.4) is 0 Å². The molecule has 0 unspecified atom stereocenters. The second-order valence-electron chi connectivity index (χ2n) is 8.54. The van der Waals surface area contributed by atoms with Crippen LogP contribution in [-0.2, 0) is 0 Å². The quantitative estimate of drug-likeness (QED) is 0.173. The summed E-state index contributed by atoms with van der Waals surface area (Å²) in [5.41, 5.74) is 0.706. The fourth-order valence-corrected chi connectivity index (χ4v) is 3.80. The number of hydrogen-bond donors (Lipinski definition) is 4. The Morgan fingerprint density at radius 1 is 0.575 bits per heavy atom. The summed E-state index contributed by atoms with van der Waals surface area (Å²) in [6.45, 7) is 1.25. The highest BCUT2D eigenvalue weighted by Gasteiger charge is 2.19. The number of carbonyl (C=O) groups excluding carboxylic acids is 2. The first-order valence-electron chi connectivity index (χ1n) is 11.9. The van der Waals surface area contributed by atoms with Crippen LogP contribution in [0.5, 0.6) is 23.0 Å². The Balaban J connectivity index is 1.48. The number of ketones is 1. The van der Waals surface area contributed by atoms with Crippen molar-refractivity contribution in [2.75, 3.05) is 17.7 Å². The third kappa shape index (κ3) is 6.43. The number of carbonyl (C=O) groups is 4. The molecule has 1 amide bonds. The lowest BCUT2D eigenvalue weighted by Crippen LogP contribution is -2.16. The molecule has 0 aliphatic rings. The molecule has 4 aromatic rings. The van der Waals surface area contributed by atoms with Gasteiger partial charge in [0.15, 0.2) is 5.78 Å². The largest absolute Gasteiger partial charge is 0.478 e. The van der Waals surface area contributed by atoms with Crippen molar-refractivity contribution in [2.45, 2.75) is 6.92 Å². The molecule has 0 aliphatic heterocycles. The van der Waals surface area contributed by atoms with Gasteiger partial charge in [-0.15, -0.1) is 0 Å². The monoisotopic (exact) mass is 540 g/mol. The average molecular weight is 541 g/mol. The van der Waals surface area contributed by atoms with Gasteiger partial charge in [0, 0.05) is 24.0 Å². The van der Waals surface area contributed by atoms with Crippen molar-refractivity contribution < 1.29 is 38.9 Å². The van der Waals surface area contributed by atoms with E-state index in [1.165, 1.54) is 37.3 Å². The van der Waals surface area contributed by atoms with Gasteiger partial charge >= 0.3 is 11.9 Å². The average Bonchev–Trinajstić information content (AvgIpc) is 2.94. The Morgan fingerprint density at radius 2 is 1.00 bits per heavy atom. The van der Waals surface area contributed by atoms with E-state index in [2.05, 4.69) is 10.6 Å². The van der Waals surface area contributed by atoms with E-state index in [-0.39, 0.29) is 33.8 Å². The van der Waals surface area contributed by atoms with Crippen molar-refractivity contribution in [3.05, 3.63) is 107 Å². The van der Waals surface area contributed by atoms with E-state index in [0.29, 0.717) is 17.2 Å². The maximum Gasteiger partial charge on any atom is 0.336 e. The molecule has 4 N–H and O–H groups in total. The molecule has 10 nitrogen and oxygen atoms in total. The summed E-state index contributed by atoms with van der Waals surface area (Å²) >= 11 is 0. The molecular weight excluding hydrogens is 516 g/mol. The minimum Gasteiger partial charge on any atom is -0.478 e. The van der Waals surface area contributed by atoms with Gasteiger partial charge in [0.2, 0.25) is 0 Å². The Hall–Kier alpha value is -5.64. The molecule has 0 radical (unpaired) electrons. The molecule has 0 heterocycles. The zero-order valence-corrected chi connectivity index (χ0v) is 21.4. The summed E-state index contributed by atoms with van der Waals surface area (Å²) in [5, 5.41) is 24.8. The molecule has 0 spiro atoms. The van der Waals surface area contributed by atoms with Gasteiger partial charge in [-0.3, -0.25) is 9.59 Å². The van der Waals surface area contributed by atoms with Crippen molar-refractivity contribution in [3.8, 4) is 23.0 Å². The van der Waals surface area contributed by atoms with E-state index < -0.39 is 23.6 Å². The third-order valence-electron chi connectivity index (χ3n) is 5.79. The van der Waals surface area contributed by atoms with Gasteiger partial charge in [0.25, 0.3) is 5.91 Å². The van der Waals surface area contributed by atoms with Crippen molar-refractivity contribution in [2.24, 2.45) is 0 Å². The zero-order valence-electron chi connectivity index (χ0n) is 21.4.